The Balaban J connectivity index is 2.12. The Kier molecular flexibility index (Phi) is 7.27. The summed E-state index contributed by atoms with van der Waals surface area (Å²) in [4.78, 5) is 25.2. The molecule has 0 aliphatic carbocycles. The van der Waals surface area contributed by atoms with Gasteiger partial charge < -0.3 is 9.47 Å². The first-order valence-electron chi connectivity index (χ1n) is 13.0. The first-order chi connectivity index (χ1) is 16.3. The van der Waals surface area contributed by atoms with E-state index in [2.05, 4.69) is 81.4 Å². The molecule has 2 aromatic rings. The van der Waals surface area contributed by atoms with Crippen molar-refractivity contribution < 1.29 is 19.1 Å². The van der Waals surface area contributed by atoms with E-state index in [-0.39, 0.29) is 27.6 Å². The number of hydrogen-bond donors (Lipinski definition) is 0. The summed E-state index contributed by atoms with van der Waals surface area (Å²) < 4.78 is 11.3. The molecule has 0 aromatic heterocycles. The van der Waals surface area contributed by atoms with Crippen LogP contribution in [0.5, 0.6) is 11.5 Å². The van der Waals surface area contributed by atoms with Gasteiger partial charge in [0.05, 0.1) is 0 Å². The number of hydrogen-bond acceptors (Lipinski definition) is 4. The topological polar surface area (TPSA) is 52.6 Å². The molecular formula is C32H44O4. The lowest BCUT2D eigenvalue weighted by Gasteiger charge is -2.39. The average Bonchev–Trinajstić information content (AvgIpc) is 2.99. The Hall–Kier alpha value is -2.62. The molecule has 0 N–H and O–H groups in total. The lowest BCUT2D eigenvalue weighted by molar-refractivity contribution is -0.134. The van der Waals surface area contributed by atoms with Gasteiger partial charge in [-0.15, -0.1) is 0 Å². The quantitative estimate of drug-likeness (QED) is 0.303. The highest BCUT2D eigenvalue weighted by Crippen LogP contribution is 2.47. The molecule has 0 bridgehead atoms. The number of carbonyl (C=O) groups excluding carboxylic acids is 2. The summed E-state index contributed by atoms with van der Waals surface area (Å²) >= 11 is 0. The number of esters is 2. The minimum absolute atomic E-state index is 0.0556. The van der Waals surface area contributed by atoms with Gasteiger partial charge in [0.25, 0.3) is 0 Å². The Bertz CT molecular complexity index is 1160. The number of benzene rings is 2. The predicted molar refractivity (Wildman–Crippen MR) is 146 cm³/mol. The molecule has 3 rings (SSSR count). The zero-order valence-electron chi connectivity index (χ0n) is 24.1. The van der Waals surface area contributed by atoms with Crippen LogP contribution in [0.3, 0.4) is 0 Å². The fourth-order valence-electron chi connectivity index (χ4n) is 5.26. The number of fused-ring (bicyclic) bond motifs is 1. The van der Waals surface area contributed by atoms with Crippen LogP contribution in [0.25, 0.3) is 0 Å². The Morgan fingerprint density at radius 1 is 0.889 bits per heavy atom. The number of ether oxygens (including phenoxy) is 2. The van der Waals surface area contributed by atoms with Crippen LogP contribution in [0.15, 0.2) is 36.4 Å². The normalized spacial score (nSPS) is 16.5. The second-order valence-electron chi connectivity index (χ2n) is 14.0. The summed E-state index contributed by atoms with van der Waals surface area (Å²) in [5.41, 5.74) is 3.96. The van der Waals surface area contributed by atoms with E-state index in [1.165, 1.54) is 6.92 Å². The smallest absolute Gasteiger partial charge is 0.323 e. The van der Waals surface area contributed by atoms with E-state index in [0.29, 0.717) is 17.1 Å². The van der Waals surface area contributed by atoms with Crippen molar-refractivity contribution in [2.75, 3.05) is 0 Å². The van der Waals surface area contributed by atoms with Crippen molar-refractivity contribution in [2.24, 2.45) is 16.2 Å². The van der Waals surface area contributed by atoms with Crippen molar-refractivity contribution in [3.63, 3.8) is 0 Å². The molecular weight excluding hydrogens is 448 g/mol. The van der Waals surface area contributed by atoms with Crippen LogP contribution in [0, 0.1) is 16.2 Å². The van der Waals surface area contributed by atoms with E-state index >= 15 is 0 Å². The maximum atomic E-state index is 13.3. The van der Waals surface area contributed by atoms with Crippen LogP contribution in [-0.2, 0) is 21.4 Å². The number of carbonyl (C=O) groups is 2. The van der Waals surface area contributed by atoms with Gasteiger partial charge in [0.15, 0.2) is 0 Å². The largest absolute Gasteiger partial charge is 0.426 e. The van der Waals surface area contributed by atoms with Crippen molar-refractivity contribution in [1.29, 1.82) is 0 Å². The first-order valence-corrected chi connectivity index (χ1v) is 13.0. The van der Waals surface area contributed by atoms with E-state index in [9.17, 15) is 9.59 Å². The maximum absolute atomic E-state index is 13.3. The molecule has 4 heteroatoms. The minimum atomic E-state index is -0.641. The van der Waals surface area contributed by atoms with Gasteiger partial charge in [-0.1, -0.05) is 93.5 Å². The van der Waals surface area contributed by atoms with Crippen molar-refractivity contribution in [2.45, 2.75) is 100 Å². The fourth-order valence-corrected chi connectivity index (χ4v) is 5.26. The highest BCUT2D eigenvalue weighted by Gasteiger charge is 2.39. The second-order valence-corrected chi connectivity index (χ2v) is 14.0. The molecule has 0 spiro atoms. The van der Waals surface area contributed by atoms with E-state index in [4.69, 9.17) is 9.47 Å². The average molecular weight is 493 g/mol. The molecule has 1 aliphatic heterocycles. The molecule has 1 atom stereocenters. The van der Waals surface area contributed by atoms with Crippen LogP contribution < -0.4 is 9.47 Å². The van der Waals surface area contributed by atoms with Crippen LogP contribution >= 0.6 is 0 Å². The highest BCUT2D eigenvalue weighted by molar-refractivity contribution is 5.90. The van der Waals surface area contributed by atoms with E-state index in [1.54, 1.807) is 0 Å². The van der Waals surface area contributed by atoms with Crippen molar-refractivity contribution in [1.82, 2.24) is 0 Å². The predicted octanol–water partition coefficient (Wildman–Crippen LogP) is 7.99. The minimum Gasteiger partial charge on any atom is -0.426 e. The Morgan fingerprint density at radius 3 is 2.08 bits per heavy atom. The molecule has 0 amide bonds. The number of rotatable bonds is 6. The van der Waals surface area contributed by atoms with Gasteiger partial charge in [-0.2, -0.15) is 0 Å². The first kappa shape index (κ1) is 28.0. The van der Waals surface area contributed by atoms with Gasteiger partial charge >= 0.3 is 11.9 Å². The Labute approximate surface area is 217 Å². The molecule has 196 valence electrons. The second kappa shape index (κ2) is 9.36. The molecule has 2 aromatic carbocycles. The zero-order valence-corrected chi connectivity index (χ0v) is 24.1. The van der Waals surface area contributed by atoms with Crippen LogP contribution in [0.1, 0.15) is 111 Å². The molecule has 4 nitrogen and oxygen atoms in total. The third kappa shape index (κ3) is 6.02. The van der Waals surface area contributed by atoms with E-state index in [0.717, 1.165) is 29.5 Å². The summed E-state index contributed by atoms with van der Waals surface area (Å²) in [7, 11) is 0. The van der Waals surface area contributed by atoms with Crippen LogP contribution in [-0.4, -0.2) is 11.9 Å². The molecule has 0 saturated carbocycles. The molecule has 0 saturated heterocycles. The SMILES string of the molecule is CC(=O)Oc1ccc(C(C)(C)CC(C)(C)C)cc1C1C(=O)Oc2ccc(CC(C)(C)C(C)(C)C)cc21. The highest BCUT2D eigenvalue weighted by atomic mass is 16.5. The molecule has 1 unspecified atom stereocenters. The van der Waals surface area contributed by atoms with Crippen LogP contribution in [0.4, 0.5) is 0 Å². The molecule has 1 heterocycles. The van der Waals surface area contributed by atoms with Gasteiger partial charge in [0.1, 0.15) is 17.4 Å². The van der Waals surface area contributed by atoms with Crippen LogP contribution in [0.2, 0.25) is 0 Å². The fraction of sp³-hybridized carbons (Fsp3) is 0.562. The summed E-state index contributed by atoms with van der Waals surface area (Å²) in [6.07, 6.45) is 1.84. The van der Waals surface area contributed by atoms with Crippen molar-refractivity contribution in [3.8, 4) is 11.5 Å². The molecule has 36 heavy (non-hydrogen) atoms. The molecule has 0 radical (unpaired) electrons. The summed E-state index contributed by atoms with van der Waals surface area (Å²) in [5.74, 6) is -0.400. The Morgan fingerprint density at radius 2 is 1.53 bits per heavy atom. The molecule has 0 fully saturated rings. The summed E-state index contributed by atoms with van der Waals surface area (Å²) in [5, 5.41) is 0. The van der Waals surface area contributed by atoms with Gasteiger partial charge in [0, 0.05) is 18.1 Å². The van der Waals surface area contributed by atoms with E-state index < -0.39 is 11.9 Å². The van der Waals surface area contributed by atoms with Crippen molar-refractivity contribution in [3.05, 3.63) is 58.7 Å². The van der Waals surface area contributed by atoms with Gasteiger partial charge in [-0.25, -0.2) is 0 Å². The standard InChI is InChI=1S/C32H44O4/c1-20(33)35-25-15-13-22(31(8,9)19-29(2,3)4)17-24(25)27-23-16-21(12-14-26(23)36-28(27)34)18-32(10,11)30(5,6)7/h12-17,27H,18-19H2,1-11H3. The lowest BCUT2D eigenvalue weighted by Crippen LogP contribution is -2.31. The van der Waals surface area contributed by atoms with Gasteiger partial charge in [-0.3, -0.25) is 9.59 Å². The monoisotopic (exact) mass is 492 g/mol. The van der Waals surface area contributed by atoms with Crippen molar-refractivity contribution >= 4 is 11.9 Å². The maximum Gasteiger partial charge on any atom is 0.323 e. The summed E-state index contributed by atoms with van der Waals surface area (Å²) in [6, 6.07) is 11.9. The van der Waals surface area contributed by atoms with Gasteiger partial charge in [-0.05, 0) is 57.8 Å². The third-order valence-corrected chi connectivity index (χ3v) is 7.84. The lowest BCUT2D eigenvalue weighted by atomic mass is 9.66. The zero-order chi connectivity index (χ0) is 27.3. The van der Waals surface area contributed by atoms with Gasteiger partial charge in [0.2, 0.25) is 0 Å². The van der Waals surface area contributed by atoms with E-state index in [1.807, 2.05) is 24.3 Å². The third-order valence-electron chi connectivity index (χ3n) is 7.84. The molecule has 1 aliphatic rings. The summed E-state index contributed by atoms with van der Waals surface area (Å²) in [6.45, 7) is 23.8.